The molecule has 1 aliphatic heterocycles. The minimum atomic E-state index is 0.291. The molecule has 3 heteroatoms. The minimum absolute atomic E-state index is 0.291. The molecule has 0 amide bonds. The van der Waals surface area contributed by atoms with Gasteiger partial charge in [-0.2, -0.15) is 0 Å². The molecule has 0 radical (unpaired) electrons. The fraction of sp³-hybridized carbons (Fsp3) is 0.412. The number of ether oxygens (including phenoxy) is 1. The summed E-state index contributed by atoms with van der Waals surface area (Å²) >= 11 is 0. The number of fused-ring (bicyclic) bond motifs is 1. The predicted octanol–water partition coefficient (Wildman–Crippen LogP) is 3.89. The molecular formula is C17H21NO2. The zero-order chi connectivity index (χ0) is 13.8. The van der Waals surface area contributed by atoms with Crippen molar-refractivity contribution in [2.45, 2.75) is 31.7 Å². The number of rotatable bonds is 5. The Balaban J connectivity index is 1.92. The molecule has 0 fully saturated rings. The van der Waals surface area contributed by atoms with Crippen molar-refractivity contribution in [3.05, 3.63) is 54.0 Å². The first kappa shape index (κ1) is 13.3. The van der Waals surface area contributed by atoms with Gasteiger partial charge < -0.3 is 14.5 Å². The second kappa shape index (κ2) is 6.14. The van der Waals surface area contributed by atoms with E-state index in [4.69, 9.17) is 9.15 Å². The van der Waals surface area contributed by atoms with Gasteiger partial charge in [0, 0.05) is 17.5 Å². The highest BCUT2D eigenvalue weighted by Crippen LogP contribution is 2.41. The lowest BCUT2D eigenvalue weighted by atomic mass is 9.84. The van der Waals surface area contributed by atoms with Crippen LogP contribution in [0.2, 0.25) is 0 Å². The summed E-state index contributed by atoms with van der Waals surface area (Å²) in [7, 11) is 0. The second-order valence-electron chi connectivity index (χ2n) is 5.27. The van der Waals surface area contributed by atoms with Crippen molar-refractivity contribution in [2.24, 2.45) is 0 Å². The van der Waals surface area contributed by atoms with Crippen LogP contribution in [0.5, 0.6) is 5.75 Å². The van der Waals surface area contributed by atoms with E-state index in [-0.39, 0.29) is 0 Å². The number of para-hydroxylation sites is 1. The maximum absolute atomic E-state index is 5.77. The van der Waals surface area contributed by atoms with Gasteiger partial charge in [0.2, 0.25) is 0 Å². The summed E-state index contributed by atoms with van der Waals surface area (Å²) in [6.07, 6.45) is 5.76. The van der Waals surface area contributed by atoms with Crippen LogP contribution in [0.1, 0.15) is 42.9 Å². The molecule has 0 aliphatic carbocycles. The van der Waals surface area contributed by atoms with Gasteiger partial charge in [0.1, 0.15) is 5.75 Å². The van der Waals surface area contributed by atoms with Crippen LogP contribution in [0.15, 0.2) is 47.3 Å². The Kier molecular flexibility index (Phi) is 4.07. The molecular weight excluding hydrogens is 250 g/mol. The van der Waals surface area contributed by atoms with E-state index in [1.807, 2.05) is 12.3 Å². The molecule has 1 N–H and O–H groups in total. The average molecular weight is 271 g/mol. The lowest BCUT2D eigenvalue weighted by Gasteiger charge is -2.32. The van der Waals surface area contributed by atoms with Crippen molar-refractivity contribution in [3.63, 3.8) is 0 Å². The number of furan rings is 1. The van der Waals surface area contributed by atoms with E-state index in [2.05, 4.69) is 36.5 Å². The molecule has 2 aromatic rings. The Morgan fingerprint density at radius 1 is 1.30 bits per heavy atom. The molecule has 0 bridgehead atoms. The third-order valence-electron chi connectivity index (χ3n) is 3.92. The first-order valence-corrected chi connectivity index (χ1v) is 7.37. The lowest BCUT2D eigenvalue weighted by molar-refractivity contribution is 0.245. The fourth-order valence-electron chi connectivity index (χ4n) is 2.96. The van der Waals surface area contributed by atoms with Gasteiger partial charge in [-0.25, -0.2) is 0 Å². The molecule has 0 spiro atoms. The minimum Gasteiger partial charge on any atom is -0.493 e. The second-order valence-corrected chi connectivity index (χ2v) is 5.27. The van der Waals surface area contributed by atoms with Gasteiger partial charge >= 0.3 is 0 Å². The van der Waals surface area contributed by atoms with E-state index in [0.717, 1.165) is 31.7 Å². The zero-order valence-electron chi connectivity index (χ0n) is 11.8. The van der Waals surface area contributed by atoms with Crippen molar-refractivity contribution < 1.29 is 9.15 Å². The SMILES string of the molecule is CCCNC(c1ccoc1)C1CCOc2ccccc21. The van der Waals surface area contributed by atoms with Crippen LogP contribution < -0.4 is 10.1 Å². The Morgan fingerprint density at radius 2 is 2.20 bits per heavy atom. The van der Waals surface area contributed by atoms with Gasteiger partial charge in [0.05, 0.1) is 19.1 Å². The van der Waals surface area contributed by atoms with Crippen molar-refractivity contribution in [1.82, 2.24) is 5.32 Å². The van der Waals surface area contributed by atoms with Crippen LogP contribution in [0, 0.1) is 0 Å². The van der Waals surface area contributed by atoms with Crippen LogP contribution in [-0.4, -0.2) is 13.2 Å². The smallest absolute Gasteiger partial charge is 0.122 e. The molecule has 1 aromatic carbocycles. The van der Waals surface area contributed by atoms with Crippen LogP contribution in [-0.2, 0) is 0 Å². The van der Waals surface area contributed by atoms with E-state index in [9.17, 15) is 0 Å². The summed E-state index contributed by atoms with van der Waals surface area (Å²) in [5.41, 5.74) is 2.52. The number of benzene rings is 1. The summed E-state index contributed by atoms with van der Waals surface area (Å²) in [5.74, 6) is 1.46. The molecule has 3 nitrogen and oxygen atoms in total. The van der Waals surface area contributed by atoms with Crippen molar-refractivity contribution >= 4 is 0 Å². The highest BCUT2D eigenvalue weighted by atomic mass is 16.5. The first-order chi connectivity index (χ1) is 9.90. The van der Waals surface area contributed by atoms with E-state index in [0.29, 0.717) is 12.0 Å². The normalized spacial score (nSPS) is 19.1. The van der Waals surface area contributed by atoms with Crippen LogP contribution in [0.4, 0.5) is 0 Å². The van der Waals surface area contributed by atoms with Crippen molar-refractivity contribution in [1.29, 1.82) is 0 Å². The zero-order valence-corrected chi connectivity index (χ0v) is 11.8. The Morgan fingerprint density at radius 3 is 3.00 bits per heavy atom. The van der Waals surface area contributed by atoms with Crippen LogP contribution in [0.25, 0.3) is 0 Å². The monoisotopic (exact) mass is 271 g/mol. The average Bonchev–Trinajstić information content (AvgIpc) is 3.02. The topological polar surface area (TPSA) is 34.4 Å². The number of nitrogens with one attached hydrogen (secondary N) is 1. The molecule has 1 aromatic heterocycles. The Labute approximate surface area is 119 Å². The third-order valence-corrected chi connectivity index (χ3v) is 3.92. The molecule has 2 atom stereocenters. The Hall–Kier alpha value is -1.74. The van der Waals surface area contributed by atoms with Crippen molar-refractivity contribution in [2.75, 3.05) is 13.2 Å². The van der Waals surface area contributed by atoms with Gasteiger partial charge in [0.25, 0.3) is 0 Å². The van der Waals surface area contributed by atoms with Crippen LogP contribution >= 0.6 is 0 Å². The predicted molar refractivity (Wildman–Crippen MR) is 79.0 cm³/mol. The van der Waals surface area contributed by atoms with Gasteiger partial charge in [-0.3, -0.25) is 0 Å². The lowest BCUT2D eigenvalue weighted by Crippen LogP contribution is -2.30. The molecule has 20 heavy (non-hydrogen) atoms. The summed E-state index contributed by atoms with van der Waals surface area (Å²) < 4.78 is 11.1. The van der Waals surface area contributed by atoms with E-state index in [1.165, 1.54) is 11.1 Å². The summed E-state index contributed by atoms with van der Waals surface area (Å²) in [6.45, 7) is 3.98. The fourth-order valence-corrected chi connectivity index (χ4v) is 2.96. The molecule has 106 valence electrons. The molecule has 2 heterocycles. The largest absolute Gasteiger partial charge is 0.493 e. The number of hydrogen-bond donors (Lipinski definition) is 1. The number of hydrogen-bond acceptors (Lipinski definition) is 3. The highest BCUT2D eigenvalue weighted by molar-refractivity contribution is 5.40. The summed E-state index contributed by atoms with van der Waals surface area (Å²) in [6, 6.07) is 10.7. The van der Waals surface area contributed by atoms with Gasteiger partial charge in [-0.15, -0.1) is 0 Å². The van der Waals surface area contributed by atoms with Crippen molar-refractivity contribution in [3.8, 4) is 5.75 Å². The standard InChI is InChI=1S/C17H21NO2/c1-2-9-18-17(13-7-10-19-12-13)15-8-11-20-16-6-4-3-5-14(15)16/h3-7,10,12,15,17-18H,2,8-9,11H2,1H3. The quantitative estimate of drug-likeness (QED) is 0.896. The summed E-state index contributed by atoms with van der Waals surface area (Å²) in [4.78, 5) is 0. The van der Waals surface area contributed by atoms with Crippen LogP contribution in [0.3, 0.4) is 0 Å². The first-order valence-electron chi connectivity index (χ1n) is 7.37. The molecule has 3 rings (SSSR count). The maximum atomic E-state index is 5.77. The molecule has 2 unspecified atom stereocenters. The van der Waals surface area contributed by atoms with Gasteiger partial charge in [-0.05, 0) is 37.1 Å². The Bertz CT molecular complexity index is 536. The molecule has 0 saturated carbocycles. The van der Waals surface area contributed by atoms with E-state index >= 15 is 0 Å². The highest BCUT2D eigenvalue weighted by Gasteiger charge is 2.30. The molecule has 1 aliphatic rings. The van der Waals surface area contributed by atoms with Gasteiger partial charge in [0.15, 0.2) is 0 Å². The van der Waals surface area contributed by atoms with Gasteiger partial charge in [-0.1, -0.05) is 25.1 Å². The third kappa shape index (κ3) is 2.59. The summed E-state index contributed by atoms with van der Waals surface area (Å²) in [5, 5.41) is 3.67. The molecule has 0 saturated heterocycles. The van der Waals surface area contributed by atoms with E-state index < -0.39 is 0 Å². The maximum Gasteiger partial charge on any atom is 0.122 e. The van der Waals surface area contributed by atoms with E-state index in [1.54, 1.807) is 6.26 Å².